The quantitative estimate of drug-likeness (QED) is 0.711. The lowest BCUT2D eigenvalue weighted by Gasteiger charge is -2.36. The number of fused-ring (bicyclic) bond motifs is 1. The standard InChI is InChI=1S/C23H26N4O5/c1-30-19-5-2-17(3-6-19)24-8-10-25(11-9-24)22(28)15-26-12-13-27(23(26)29)18-4-7-20-21(14-18)32-16-31-20/h2-7,14H,8-13,15-16H2,1H3. The van der Waals surface area contributed by atoms with Gasteiger partial charge in [0.05, 0.1) is 7.11 Å². The Hall–Kier alpha value is -3.62. The lowest BCUT2D eigenvalue weighted by molar-refractivity contribution is -0.131. The first-order valence-corrected chi connectivity index (χ1v) is 10.8. The SMILES string of the molecule is COc1ccc(N2CCN(C(=O)CN3CCN(c4ccc5c(c4)OCO5)C3=O)CC2)cc1. The van der Waals surface area contributed by atoms with E-state index in [4.69, 9.17) is 14.2 Å². The minimum Gasteiger partial charge on any atom is -0.497 e. The van der Waals surface area contributed by atoms with Crippen molar-refractivity contribution >= 4 is 23.3 Å². The molecule has 32 heavy (non-hydrogen) atoms. The number of amides is 3. The monoisotopic (exact) mass is 438 g/mol. The van der Waals surface area contributed by atoms with Gasteiger partial charge in [-0.05, 0) is 36.4 Å². The van der Waals surface area contributed by atoms with Gasteiger partial charge in [0.2, 0.25) is 12.7 Å². The molecule has 3 amide bonds. The van der Waals surface area contributed by atoms with Crippen LogP contribution in [0.4, 0.5) is 16.2 Å². The molecule has 0 saturated carbocycles. The van der Waals surface area contributed by atoms with Gasteiger partial charge in [0.25, 0.3) is 0 Å². The molecule has 0 bridgehead atoms. The third-order valence-electron chi connectivity index (χ3n) is 6.16. The van der Waals surface area contributed by atoms with Crippen LogP contribution in [-0.2, 0) is 4.79 Å². The van der Waals surface area contributed by atoms with Crippen molar-refractivity contribution in [2.75, 3.05) is 69.5 Å². The Morgan fingerprint density at radius 2 is 1.62 bits per heavy atom. The predicted octanol–water partition coefficient (Wildman–Crippen LogP) is 2.01. The van der Waals surface area contributed by atoms with Gasteiger partial charge in [0, 0.05) is 56.7 Å². The van der Waals surface area contributed by atoms with Crippen molar-refractivity contribution in [1.82, 2.24) is 9.80 Å². The summed E-state index contributed by atoms with van der Waals surface area (Å²) in [5.74, 6) is 2.13. The number of ether oxygens (including phenoxy) is 3. The van der Waals surface area contributed by atoms with E-state index < -0.39 is 0 Å². The average molecular weight is 438 g/mol. The van der Waals surface area contributed by atoms with Crippen LogP contribution in [-0.4, -0.2) is 81.5 Å². The van der Waals surface area contributed by atoms with Crippen LogP contribution < -0.4 is 24.0 Å². The number of carbonyl (C=O) groups is 2. The summed E-state index contributed by atoms with van der Waals surface area (Å²) >= 11 is 0. The molecular formula is C23H26N4O5. The molecule has 0 atom stereocenters. The molecule has 0 spiro atoms. The first-order chi connectivity index (χ1) is 15.6. The molecule has 3 heterocycles. The minimum absolute atomic E-state index is 0.0136. The molecule has 3 aliphatic heterocycles. The van der Waals surface area contributed by atoms with Crippen LogP contribution in [0.15, 0.2) is 42.5 Å². The molecule has 0 aliphatic carbocycles. The Morgan fingerprint density at radius 1 is 0.906 bits per heavy atom. The molecule has 2 aromatic rings. The van der Waals surface area contributed by atoms with Gasteiger partial charge in [0.1, 0.15) is 12.3 Å². The van der Waals surface area contributed by atoms with E-state index in [1.54, 1.807) is 23.0 Å². The average Bonchev–Trinajstić information content (AvgIpc) is 3.45. The topological polar surface area (TPSA) is 74.8 Å². The maximum atomic E-state index is 12.9. The zero-order chi connectivity index (χ0) is 22.1. The summed E-state index contributed by atoms with van der Waals surface area (Å²) in [6.07, 6.45) is 0. The van der Waals surface area contributed by atoms with E-state index in [0.29, 0.717) is 37.7 Å². The highest BCUT2D eigenvalue weighted by molar-refractivity contribution is 5.96. The van der Waals surface area contributed by atoms with Gasteiger partial charge in [-0.1, -0.05) is 0 Å². The highest BCUT2D eigenvalue weighted by Gasteiger charge is 2.33. The first kappa shape index (κ1) is 20.3. The molecule has 9 heteroatoms. The molecule has 2 saturated heterocycles. The number of anilines is 2. The van der Waals surface area contributed by atoms with E-state index in [-0.39, 0.29) is 25.3 Å². The van der Waals surface area contributed by atoms with Gasteiger partial charge in [-0.25, -0.2) is 4.79 Å². The molecule has 168 valence electrons. The summed E-state index contributed by atoms with van der Waals surface area (Å²) in [7, 11) is 1.65. The zero-order valence-corrected chi connectivity index (χ0v) is 18.0. The summed E-state index contributed by atoms with van der Waals surface area (Å²) in [6.45, 7) is 4.14. The molecule has 3 aliphatic rings. The van der Waals surface area contributed by atoms with Crippen LogP contribution in [0.5, 0.6) is 17.2 Å². The van der Waals surface area contributed by atoms with E-state index in [0.717, 1.165) is 30.2 Å². The first-order valence-electron chi connectivity index (χ1n) is 10.8. The number of methoxy groups -OCH3 is 1. The van der Waals surface area contributed by atoms with Crippen LogP contribution in [0.2, 0.25) is 0 Å². The molecule has 9 nitrogen and oxygen atoms in total. The summed E-state index contributed by atoms with van der Waals surface area (Å²) < 4.78 is 16.0. The Labute approximate surface area is 186 Å². The minimum atomic E-state index is -0.158. The lowest BCUT2D eigenvalue weighted by Crippen LogP contribution is -2.51. The number of benzene rings is 2. The van der Waals surface area contributed by atoms with Crippen molar-refractivity contribution < 1.29 is 23.8 Å². The number of urea groups is 1. The maximum absolute atomic E-state index is 12.9. The van der Waals surface area contributed by atoms with Crippen molar-refractivity contribution in [2.45, 2.75) is 0 Å². The van der Waals surface area contributed by atoms with Gasteiger partial charge < -0.3 is 28.9 Å². The van der Waals surface area contributed by atoms with E-state index >= 15 is 0 Å². The van der Waals surface area contributed by atoms with Crippen LogP contribution in [0.3, 0.4) is 0 Å². The van der Waals surface area contributed by atoms with E-state index in [9.17, 15) is 9.59 Å². The van der Waals surface area contributed by atoms with Gasteiger partial charge in [-0.2, -0.15) is 0 Å². The van der Waals surface area contributed by atoms with Gasteiger partial charge in [-0.3, -0.25) is 9.69 Å². The third-order valence-corrected chi connectivity index (χ3v) is 6.16. The predicted molar refractivity (Wildman–Crippen MR) is 119 cm³/mol. The molecule has 0 unspecified atom stereocenters. The smallest absolute Gasteiger partial charge is 0.325 e. The molecule has 5 rings (SSSR count). The van der Waals surface area contributed by atoms with Crippen molar-refractivity contribution in [3.8, 4) is 17.2 Å². The van der Waals surface area contributed by atoms with Crippen molar-refractivity contribution in [2.24, 2.45) is 0 Å². The second kappa shape index (κ2) is 8.49. The number of hydrogen-bond acceptors (Lipinski definition) is 6. The fourth-order valence-electron chi connectivity index (χ4n) is 4.29. The zero-order valence-electron chi connectivity index (χ0n) is 18.0. The summed E-state index contributed by atoms with van der Waals surface area (Å²) in [4.78, 5) is 33.2. The second-order valence-electron chi connectivity index (χ2n) is 7.96. The highest BCUT2D eigenvalue weighted by Crippen LogP contribution is 2.36. The Balaban J connectivity index is 1.15. The number of piperazine rings is 1. The number of nitrogens with zero attached hydrogens (tertiary/aromatic N) is 4. The van der Waals surface area contributed by atoms with Crippen molar-refractivity contribution in [3.63, 3.8) is 0 Å². The van der Waals surface area contributed by atoms with Gasteiger partial charge in [0.15, 0.2) is 11.5 Å². The molecular weight excluding hydrogens is 412 g/mol. The molecule has 0 N–H and O–H groups in total. The number of carbonyl (C=O) groups excluding carboxylic acids is 2. The second-order valence-corrected chi connectivity index (χ2v) is 7.96. The summed E-state index contributed by atoms with van der Waals surface area (Å²) in [6, 6.07) is 13.2. The van der Waals surface area contributed by atoms with E-state index in [1.807, 2.05) is 41.3 Å². The van der Waals surface area contributed by atoms with Crippen LogP contribution in [0.25, 0.3) is 0 Å². The third kappa shape index (κ3) is 3.86. The largest absolute Gasteiger partial charge is 0.497 e. The molecule has 0 radical (unpaired) electrons. The Bertz CT molecular complexity index is 1000. The lowest BCUT2D eigenvalue weighted by atomic mass is 10.2. The van der Waals surface area contributed by atoms with E-state index in [1.165, 1.54) is 0 Å². The van der Waals surface area contributed by atoms with E-state index in [2.05, 4.69) is 4.90 Å². The van der Waals surface area contributed by atoms with Gasteiger partial charge >= 0.3 is 6.03 Å². The number of hydrogen-bond donors (Lipinski definition) is 0. The highest BCUT2D eigenvalue weighted by atomic mass is 16.7. The molecule has 2 fully saturated rings. The fourth-order valence-corrected chi connectivity index (χ4v) is 4.29. The van der Waals surface area contributed by atoms with Crippen molar-refractivity contribution in [3.05, 3.63) is 42.5 Å². The van der Waals surface area contributed by atoms with Crippen LogP contribution in [0, 0.1) is 0 Å². The maximum Gasteiger partial charge on any atom is 0.325 e. The molecule has 2 aromatic carbocycles. The Kier molecular flexibility index (Phi) is 5.38. The molecule has 0 aromatic heterocycles. The van der Waals surface area contributed by atoms with Gasteiger partial charge in [-0.15, -0.1) is 0 Å². The number of rotatable bonds is 5. The summed E-state index contributed by atoms with van der Waals surface area (Å²) in [5.41, 5.74) is 1.87. The fraction of sp³-hybridized carbons (Fsp3) is 0.391. The van der Waals surface area contributed by atoms with Crippen LogP contribution in [0.1, 0.15) is 0 Å². The van der Waals surface area contributed by atoms with Crippen LogP contribution >= 0.6 is 0 Å². The van der Waals surface area contributed by atoms with Crippen molar-refractivity contribution in [1.29, 1.82) is 0 Å². The Morgan fingerprint density at radius 3 is 2.38 bits per heavy atom. The normalized spacial score (nSPS) is 17.8. The summed E-state index contributed by atoms with van der Waals surface area (Å²) in [5, 5.41) is 0.